The Morgan fingerprint density at radius 1 is 1.28 bits per heavy atom. The summed E-state index contributed by atoms with van der Waals surface area (Å²) in [5, 5.41) is 0. The molecule has 25 heavy (non-hydrogen) atoms. The molecule has 0 bridgehead atoms. The number of carbonyl (C=O) groups excluding carboxylic acids is 1. The van der Waals surface area contributed by atoms with Crippen molar-refractivity contribution in [3.05, 3.63) is 35.9 Å². The van der Waals surface area contributed by atoms with Gasteiger partial charge in [0.25, 0.3) is 0 Å². The lowest BCUT2D eigenvalue weighted by atomic mass is 9.87. The molecule has 0 spiro atoms. The minimum absolute atomic E-state index is 0.0136. The molecule has 0 unspecified atom stereocenters. The van der Waals surface area contributed by atoms with Crippen molar-refractivity contribution in [3.63, 3.8) is 0 Å². The first-order valence-corrected chi connectivity index (χ1v) is 8.97. The zero-order valence-electron chi connectivity index (χ0n) is 16.2. The Labute approximate surface area is 151 Å². The molecule has 1 fully saturated rings. The quantitative estimate of drug-likeness (QED) is 0.792. The second-order valence-electron chi connectivity index (χ2n) is 7.92. The molecule has 5 nitrogen and oxygen atoms in total. The SMILES string of the molecule is COCCN(C)CC(=O)N1C[C@@H](c2ccccc2)O[C@@H](C(C)(C)C)C1. The number of amides is 1. The van der Waals surface area contributed by atoms with Gasteiger partial charge in [-0.2, -0.15) is 0 Å². The zero-order chi connectivity index (χ0) is 18.4. The summed E-state index contributed by atoms with van der Waals surface area (Å²) in [5.74, 6) is 0.150. The summed E-state index contributed by atoms with van der Waals surface area (Å²) in [6, 6.07) is 10.2. The Morgan fingerprint density at radius 2 is 1.96 bits per heavy atom. The number of methoxy groups -OCH3 is 1. The summed E-state index contributed by atoms with van der Waals surface area (Å²) in [6.45, 7) is 9.52. The van der Waals surface area contributed by atoms with Gasteiger partial charge in [0, 0.05) is 20.2 Å². The third-order valence-electron chi connectivity index (χ3n) is 4.67. The minimum Gasteiger partial charge on any atom is -0.383 e. The molecule has 1 heterocycles. The third kappa shape index (κ3) is 5.80. The lowest BCUT2D eigenvalue weighted by Gasteiger charge is -2.44. The van der Waals surface area contributed by atoms with Crippen LogP contribution in [-0.4, -0.2) is 68.8 Å². The van der Waals surface area contributed by atoms with Crippen LogP contribution < -0.4 is 0 Å². The molecule has 1 saturated heterocycles. The first-order chi connectivity index (χ1) is 11.8. The van der Waals surface area contributed by atoms with Crippen molar-refractivity contribution >= 4 is 5.91 Å². The number of carbonyl (C=O) groups is 1. The highest BCUT2D eigenvalue weighted by molar-refractivity contribution is 5.78. The van der Waals surface area contributed by atoms with E-state index < -0.39 is 0 Å². The van der Waals surface area contributed by atoms with E-state index in [4.69, 9.17) is 9.47 Å². The van der Waals surface area contributed by atoms with E-state index in [0.717, 1.165) is 12.1 Å². The van der Waals surface area contributed by atoms with E-state index in [2.05, 4.69) is 32.9 Å². The fraction of sp³-hybridized carbons (Fsp3) is 0.650. The fourth-order valence-corrected chi connectivity index (χ4v) is 2.95. The van der Waals surface area contributed by atoms with E-state index >= 15 is 0 Å². The molecule has 0 saturated carbocycles. The van der Waals surface area contributed by atoms with Gasteiger partial charge in [-0.15, -0.1) is 0 Å². The highest BCUT2D eigenvalue weighted by Gasteiger charge is 2.37. The van der Waals surface area contributed by atoms with Crippen molar-refractivity contribution in [1.29, 1.82) is 0 Å². The normalized spacial score (nSPS) is 21.6. The number of morpholine rings is 1. The molecular weight excluding hydrogens is 316 g/mol. The Hall–Kier alpha value is -1.43. The van der Waals surface area contributed by atoms with Crippen molar-refractivity contribution in [2.75, 3.05) is 46.9 Å². The van der Waals surface area contributed by atoms with Crippen molar-refractivity contribution in [2.45, 2.75) is 33.0 Å². The van der Waals surface area contributed by atoms with E-state index in [1.807, 2.05) is 35.0 Å². The first kappa shape index (κ1) is 19.9. The average Bonchev–Trinajstić information content (AvgIpc) is 2.59. The topological polar surface area (TPSA) is 42.0 Å². The number of rotatable bonds is 6. The van der Waals surface area contributed by atoms with E-state index in [1.54, 1.807) is 7.11 Å². The Balaban J connectivity index is 2.09. The molecule has 0 aliphatic carbocycles. The van der Waals surface area contributed by atoms with Gasteiger partial charge in [0.1, 0.15) is 6.10 Å². The molecule has 1 aliphatic heterocycles. The molecule has 1 aromatic rings. The third-order valence-corrected chi connectivity index (χ3v) is 4.67. The lowest BCUT2D eigenvalue weighted by molar-refractivity contribution is -0.157. The number of nitrogens with zero attached hydrogens (tertiary/aromatic N) is 2. The average molecular weight is 348 g/mol. The second kappa shape index (κ2) is 8.79. The van der Waals surface area contributed by atoms with Crippen LogP contribution in [0.2, 0.25) is 0 Å². The maximum Gasteiger partial charge on any atom is 0.236 e. The maximum absolute atomic E-state index is 12.8. The van der Waals surface area contributed by atoms with Crippen LogP contribution in [0.1, 0.15) is 32.4 Å². The zero-order valence-corrected chi connectivity index (χ0v) is 16.2. The predicted octanol–water partition coefficient (Wildman–Crippen LogP) is 2.58. The monoisotopic (exact) mass is 348 g/mol. The van der Waals surface area contributed by atoms with E-state index in [9.17, 15) is 4.79 Å². The molecule has 0 N–H and O–H groups in total. The van der Waals surface area contributed by atoms with Crippen molar-refractivity contribution in [2.24, 2.45) is 5.41 Å². The van der Waals surface area contributed by atoms with Gasteiger partial charge in [-0.3, -0.25) is 9.69 Å². The molecule has 140 valence electrons. The van der Waals surface area contributed by atoms with Gasteiger partial charge >= 0.3 is 0 Å². The molecule has 1 amide bonds. The smallest absolute Gasteiger partial charge is 0.236 e. The van der Waals surface area contributed by atoms with E-state index in [1.165, 1.54) is 0 Å². The van der Waals surface area contributed by atoms with Crippen LogP contribution in [-0.2, 0) is 14.3 Å². The van der Waals surface area contributed by atoms with Gasteiger partial charge < -0.3 is 14.4 Å². The van der Waals surface area contributed by atoms with Gasteiger partial charge in [0.2, 0.25) is 5.91 Å². The van der Waals surface area contributed by atoms with Crippen molar-refractivity contribution < 1.29 is 14.3 Å². The molecular formula is C20H32N2O3. The molecule has 0 aromatic heterocycles. The largest absolute Gasteiger partial charge is 0.383 e. The van der Waals surface area contributed by atoms with E-state index in [-0.39, 0.29) is 23.5 Å². The summed E-state index contributed by atoms with van der Waals surface area (Å²) in [6.07, 6.45) is -0.0629. The summed E-state index contributed by atoms with van der Waals surface area (Å²) >= 11 is 0. The Bertz CT molecular complexity index is 542. The maximum atomic E-state index is 12.8. The Morgan fingerprint density at radius 3 is 2.56 bits per heavy atom. The van der Waals surface area contributed by atoms with Gasteiger partial charge in [-0.05, 0) is 18.0 Å². The van der Waals surface area contributed by atoms with Crippen LogP contribution in [0, 0.1) is 5.41 Å². The standard InChI is InChI=1S/C20H32N2O3/c1-20(2,3)18-14-22(19(23)15-21(4)11-12-24-5)13-17(25-18)16-9-7-6-8-10-16/h6-10,17-18H,11-15H2,1-5H3/t17-,18+/m0/s1. The van der Waals surface area contributed by atoms with Gasteiger partial charge in [0.05, 0.1) is 25.8 Å². The highest BCUT2D eigenvalue weighted by Crippen LogP contribution is 2.33. The lowest BCUT2D eigenvalue weighted by Crippen LogP contribution is -2.53. The van der Waals surface area contributed by atoms with Crippen LogP contribution in [0.25, 0.3) is 0 Å². The molecule has 2 rings (SSSR count). The molecule has 5 heteroatoms. The summed E-state index contributed by atoms with van der Waals surface area (Å²) < 4.78 is 11.4. The first-order valence-electron chi connectivity index (χ1n) is 8.97. The highest BCUT2D eigenvalue weighted by atomic mass is 16.5. The number of likely N-dealkylation sites (N-methyl/N-ethyl adjacent to an activating group) is 1. The van der Waals surface area contributed by atoms with E-state index in [0.29, 0.717) is 26.2 Å². The van der Waals surface area contributed by atoms with Crippen molar-refractivity contribution in [3.8, 4) is 0 Å². The summed E-state index contributed by atoms with van der Waals surface area (Å²) in [4.78, 5) is 16.8. The molecule has 0 radical (unpaired) electrons. The Kier molecular flexibility index (Phi) is 6.99. The minimum atomic E-state index is -0.0765. The van der Waals surface area contributed by atoms with Crippen LogP contribution in [0.3, 0.4) is 0 Å². The van der Waals surface area contributed by atoms with Gasteiger partial charge in [-0.25, -0.2) is 0 Å². The number of hydrogen-bond acceptors (Lipinski definition) is 4. The molecule has 1 aromatic carbocycles. The fourth-order valence-electron chi connectivity index (χ4n) is 2.95. The predicted molar refractivity (Wildman–Crippen MR) is 99.5 cm³/mol. The van der Waals surface area contributed by atoms with Crippen LogP contribution in [0.15, 0.2) is 30.3 Å². The number of benzene rings is 1. The molecule has 2 atom stereocenters. The summed E-state index contributed by atoms with van der Waals surface area (Å²) in [5.41, 5.74) is 1.11. The second-order valence-corrected chi connectivity index (χ2v) is 7.92. The number of ether oxygens (including phenoxy) is 2. The van der Waals surface area contributed by atoms with Crippen LogP contribution in [0.5, 0.6) is 0 Å². The summed E-state index contributed by atoms with van der Waals surface area (Å²) in [7, 11) is 3.63. The molecule has 1 aliphatic rings. The van der Waals surface area contributed by atoms with Crippen molar-refractivity contribution in [1.82, 2.24) is 9.80 Å². The number of hydrogen-bond donors (Lipinski definition) is 0. The van der Waals surface area contributed by atoms with Gasteiger partial charge in [-0.1, -0.05) is 51.1 Å². The van der Waals surface area contributed by atoms with Gasteiger partial charge in [0.15, 0.2) is 0 Å². The van der Waals surface area contributed by atoms with Crippen LogP contribution >= 0.6 is 0 Å². The van der Waals surface area contributed by atoms with Crippen LogP contribution in [0.4, 0.5) is 0 Å².